The highest BCUT2D eigenvalue weighted by Crippen LogP contribution is 2.25. The zero-order chi connectivity index (χ0) is 20.3. The van der Waals surface area contributed by atoms with E-state index >= 15 is 0 Å². The zero-order valence-electron chi connectivity index (χ0n) is 15.4. The molecule has 0 radical (unpaired) electrons. The van der Waals surface area contributed by atoms with Gasteiger partial charge >= 0.3 is 0 Å². The highest BCUT2D eigenvalue weighted by atomic mass is 32.2. The van der Waals surface area contributed by atoms with E-state index in [-0.39, 0.29) is 9.79 Å². The number of aryl methyl sites for hydroxylation is 2. The average molecular weight is 406 g/mol. The van der Waals surface area contributed by atoms with E-state index in [4.69, 9.17) is 0 Å². The lowest BCUT2D eigenvalue weighted by Gasteiger charge is -2.07. The molecule has 146 valence electrons. The monoisotopic (exact) mass is 406 g/mol. The first-order valence-electron chi connectivity index (χ1n) is 8.98. The van der Waals surface area contributed by atoms with E-state index in [1.807, 2.05) is 22.8 Å². The molecule has 0 saturated carbocycles. The number of benzene rings is 2. The molecule has 0 aliphatic rings. The number of hydrogen-bond donors (Lipinski definition) is 1. The fourth-order valence-corrected chi connectivity index (χ4v) is 4.38. The van der Waals surface area contributed by atoms with Gasteiger partial charge in [-0.3, -0.25) is 9.78 Å². The van der Waals surface area contributed by atoms with Gasteiger partial charge in [-0.15, -0.1) is 0 Å². The molecule has 8 heteroatoms. The fourth-order valence-electron chi connectivity index (χ4n) is 3.10. The summed E-state index contributed by atoms with van der Waals surface area (Å²) >= 11 is 0. The Labute approximate surface area is 168 Å². The van der Waals surface area contributed by atoms with Crippen molar-refractivity contribution in [2.24, 2.45) is 0 Å². The van der Waals surface area contributed by atoms with Crippen LogP contribution >= 0.6 is 0 Å². The Morgan fingerprint density at radius 2 is 1.76 bits per heavy atom. The minimum atomic E-state index is -3.68. The average Bonchev–Trinajstić information content (AvgIpc) is 3.16. The van der Waals surface area contributed by atoms with Crippen LogP contribution in [0.5, 0.6) is 0 Å². The number of hydrogen-bond acceptors (Lipinski definition) is 5. The van der Waals surface area contributed by atoms with Gasteiger partial charge < -0.3 is 9.88 Å². The van der Waals surface area contributed by atoms with Crippen molar-refractivity contribution in [2.45, 2.75) is 22.8 Å². The first-order valence-corrected chi connectivity index (χ1v) is 10.5. The van der Waals surface area contributed by atoms with Gasteiger partial charge in [-0.25, -0.2) is 13.4 Å². The normalized spacial score (nSPS) is 11.4. The Morgan fingerprint density at radius 1 is 0.966 bits per heavy atom. The minimum absolute atomic E-state index is 0.155. The summed E-state index contributed by atoms with van der Waals surface area (Å²) in [4.78, 5) is 19.5. The minimum Gasteiger partial charge on any atom is -0.330 e. The van der Waals surface area contributed by atoms with E-state index in [2.05, 4.69) is 15.3 Å². The number of rotatable bonds is 7. The summed E-state index contributed by atoms with van der Waals surface area (Å²) in [6.45, 7) is 0.699. The molecule has 0 aliphatic heterocycles. The van der Waals surface area contributed by atoms with Crippen molar-refractivity contribution in [2.75, 3.05) is 5.32 Å². The van der Waals surface area contributed by atoms with Crippen LogP contribution in [0.3, 0.4) is 0 Å². The molecule has 1 amide bonds. The van der Waals surface area contributed by atoms with Crippen LogP contribution in [-0.2, 0) is 27.6 Å². The maximum atomic E-state index is 12.9. The summed E-state index contributed by atoms with van der Waals surface area (Å²) < 4.78 is 27.8. The SMILES string of the molecule is O=CNc1ccc(S(=O)(=O)c2ccc3c(c2)ncn3CCc2ccccn2)cc1. The molecule has 1 N–H and O–H groups in total. The maximum Gasteiger partial charge on any atom is 0.211 e. The number of aromatic nitrogens is 3. The second-order valence-electron chi connectivity index (χ2n) is 6.45. The number of carbonyl (C=O) groups is 1. The fraction of sp³-hybridized carbons (Fsp3) is 0.0952. The number of sulfone groups is 1. The third-order valence-corrected chi connectivity index (χ3v) is 6.40. The number of anilines is 1. The van der Waals surface area contributed by atoms with Crippen molar-refractivity contribution >= 4 is 33.0 Å². The number of pyridine rings is 1. The first kappa shape index (κ1) is 18.8. The van der Waals surface area contributed by atoms with Gasteiger partial charge in [0, 0.05) is 30.5 Å². The van der Waals surface area contributed by atoms with Gasteiger partial charge in [-0.1, -0.05) is 6.07 Å². The van der Waals surface area contributed by atoms with Crippen molar-refractivity contribution in [1.82, 2.24) is 14.5 Å². The maximum absolute atomic E-state index is 12.9. The van der Waals surface area contributed by atoms with Crippen LogP contribution < -0.4 is 5.32 Å². The Kier molecular flexibility index (Phi) is 5.09. The molecule has 0 bridgehead atoms. The molecule has 7 nitrogen and oxygen atoms in total. The molecule has 4 aromatic rings. The van der Waals surface area contributed by atoms with Gasteiger partial charge in [0.05, 0.1) is 27.2 Å². The second kappa shape index (κ2) is 7.84. The van der Waals surface area contributed by atoms with Gasteiger partial charge in [0.15, 0.2) is 0 Å². The largest absolute Gasteiger partial charge is 0.330 e. The van der Waals surface area contributed by atoms with Crippen LogP contribution in [0.1, 0.15) is 5.69 Å². The number of carbonyl (C=O) groups excluding carboxylic acids is 1. The van der Waals surface area contributed by atoms with E-state index in [1.165, 1.54) is 12.1 Å². The Bertz CT molecular complexity index is 1250. The second-order valence-corrected chi connectivity index (χ2v) is 8.40. The Hall–Kier alpha value is -3.52. The molecule has 0 spiro atoms. The number of nitrogens with zero attached hydrogens (tertiary/aromatic N) is 3. The summed E-state index contributed by atoms with van der Waals surface area (Å²) in [5, 5.41) is 2.48. The predicted molar refractivity (Wildman–Crippen MR) is 109 cm³/mol. The summed E-state index contributed by atoms with van der Waals surface area (Å²) in [5.41, 5.74) is 3.00. The Morgan fingerprint density at radius 3 is 2.48 bits per heavy atom. The zero-order valence-corrected chi connectivity index (χ0v) is 16.2. The van der Waals surface area contributed by atoms with E-state index in [0.29, 0.717) is 24.2 Å². The predicted octanol–water partition coefficient (Wildman–Crippen LogP) is 3.08. The highest BCUT2D eigenvalue weighted by Gasteiger charge is 2.19. The van der Waals surface area contributed by atoms with E-state index < -0.39 is 9.84 Å². The van der Waals surface area contributed by atoms with Crippen LogP contribution in [0.4, 0.5) is 5.69 Å². The molecule has 0 fully saturated rings. The molecule has 2 aromatic heterocycles. The van der Waals surface area contributed by atoms with Crippen molar-refractivity contribution in [3.63, 3.8) is 0 Å². The van der Waals surface area contributed by atoms with E-state index in [9.17, 15) is 13.2 Å². The topological polar surface area (TPSA) is 94.0 Å². The first-order chi connectivity index (χ1) is 14.1. The summed E-state index contributed by atoms with van der Waals surface area (Å²) in [6, 6.07) is 16.8. The summed E-state index contributed by atoms with van der Waals surface area (Å²) in [6.07, 6.45) is 4.78. The molecule has 2 heterocycles. The highest BCUT2D eigenvalue weighted by molar-refractivity contribution is 7.91. The standard InChI is InChI=1S/C21H18N4O3S/c26-15-24-17-4-6-18(7-5-17)29(27,28)19-8-9-21-20(13-19)23-14-25(21)12-10-16-3-1-2-11-22-16/h1-9,11,13-15H,10,12H2,(H,24,26). The Balaban J connectivity index is 1.59. The molecule has 0 saturated heterocycles. The van der Waals surface area contributed by atoms with Gasteiger partial charge in [0.25, 0.3) is 0 Å². The van der Waals surface area contributed by atoms with Crippen LogP contribution in [0.2, 0.25) is 0 Å². The third kappa shape index (κ3) is 3.88. The van der Waals surface area contributed by atoms with Crippen LogP contribution in [-0.4, -0.2) is 29.4 Å². The quantitative estimate of drug-likeness (QED) is 0.476. The van der Waals surface area contributed by atoms with Crippen molar-refractivity contribution in [3.8, 4) is 0 Å². The van der Waals surface area contributed by atoms with E-state index in [1.54, 1.807) is 42.9 Å². The lowest BCUT2D eigenvalue weighted by atomic mass is 10.2. The molecule has 0 aliphatic carbocycles. The summed E-state index contributed by atoms with van der Waals surface area (Å²) in [7, 11) is -3.68. The van der Waals surface area contributed by atoms with Crippen LogP contribution in [0, 0.1) is 0 Å². The lowest BCUT2D eigenvalue weighted by molar-refractivity contribution is -0.105. The van der Waals surface area contributed by atoms with Gasteiger partial charge in [0.1, 0.15) is 0 Å². The number of amides is 1. The van der Waals surface area contributed by atoms with Gasteiger partial charge in [-0.2, -0.15) is 0 Å². The van der Waals surface area contributed by atoms with Crippen molar-refractivity contribution < 1.29 is 13.2 Å². The molecular weight excluding hydrogens is 388 g/mol. The van der Waals surface area contributed by atoms with Crippen molar-refractivity contribution in [1.29, 1.82) is 0 Å². The third-order valence-electron chi connectivity index (χ3n) is 4.63. The van der Waals surface area contributed by atoms with Crippen LogP contribution in [0.25, 0.3) is 11.0 Å². The smallest absolute Gasteiger partial charge is 0.211 e. The molecule has 2 aromatic carbocycles. The molecule has 4 rings (SSSR count). The number of fused-ring (bicyclic) bond motifs is 1. The van der Waals surface area contributed by atoms with E-state index in [0.717, 1.165) is 17.6 Å². The molecule has 29 heavy (non-hydrogen) atoms. The molecule has 0 unspecified atom stereocenters. The molecular formula is C21H18N4O3S. The van der Waals surface area contributed by atoms with Crippen LogP contribution in [0.15, 0.2) is 83.0 Å². The number of nitrogens with one attached hydrogen (secondary N) is 1. The van der Waals surface area contributed by atoms with Gasteiger partial charge in [-0.05, 0) is 54.6 Å². The van der Waals surface area contributed by atoms with Gasteiger partial charge in [0.2, 0.25) is 16.2 Å². The lowest BCUT2D eigenvalue weighted by Crippen LogP contribution is -2.03. The molecule has 0 atom stereocenters. The van der Waals surface area contributed by atoms with Crippen molar-refractivity contribution in [3.05, 3.63) is 78.9 Å². The number of imidazole rings is 1. The summed E-state index contributed by atoms with van der Waals surface area (Å²) in [5.74, 6) is 0.